The lowest BCUT2D eigenvalue weighted by molar-refractivity contribution is 0.0686. The molecule has 10 heteroatoms. The van der Waals surface area contributed by atoms with Crippen molar-refractivity contribution in [2.75, 3.05) is 20.8 Å². The lowest BCUT2D eigenvalue weighted by Crippen LogP contribution is -2.32. The SMILES string of the molecule is COP(=O)(OC)c1ccc(Cn2c(C(=O)O)cc3cc(CC(C)NC[C@H](O)c4cccc(Cl)c4)ccc32)cc1. The maximum atomic E-state index is 12.6. The zero-order valence-corrected chi connectivity index (χ0v) is 23.7. The summed E-state index contributed by atoms with van der Waals surface area (Å²) in [6.45, 7) is 2.75. The Morgan fingerprint density at radius 2 is 1.72 bits per heavy atom. The van der Waals surface area contributed by atoms with Crippen LogP contribution in [-0.2, 0) is 26.6 Å². The normalized spacial score (nSPS) is 13.5. The van der Waals surface area contributed by atoms with Crippen LogP contribution in [0.25, 0.3) is 10.9 Å². The van der Waals surface area contributed by atoms with Crippen LogP contribution in [0.5, 0.6) is 0 Å². The van der Waals surface area contributed by atoms with Crippen LogP contribution < -0.4 is 10.6 Å². The predicted molar refractivity (Wildman–Crippen MR) is 153 cm³/mol. The molecule has 0 saturated heterocycles. The van der Waals surface area contributed by atoms with Gasteiger partial charge >= 0.3 is 13.6 Å². The lowest BCUT2D eigenvalue weighted by Gasteiger charge is -2.18. The van der Waals surface area contributed by atoms with Crippen molar-refractivity contribution in [3.8, 4) is 0 Å². The standard InChI is InChI=1S/C29H32ClN2O6P/c1-19(31-17-28(33)22-5-4-6-24(30)15-22)13-21-9-12-26-23(14-21)16-27(29(34)35)32(26)18-20-7-10-25(11-8-20)39(36,37-2)38-3/h4-12,14-16,19,28,31,33H,13,17-18H2,1-3H3,(H,34,35)/t19?,28-/m0/s1. The van der Waals surface area contributed by atoms with E-state index in [2.05, 4.69) is 5.32 Å². The fourth-order valence-corrected chi connectivity index (χ4v) is 5.90. The van der Waals surface area contributed by atoms with Crippen molar-refractivity contribution >= 4 is 41.4 Å². The molecule has 206 valence electrons. The van der Waals surface area contributed by atoms with Crippen LogP contribution in [0.15, 0.2) is 72.8 Å². The number of aliphatic hydroxyl groups is 1. The fraction of sp³-hybridized carbons (Fsp3) is 0.276. The van der Waals surface area contributed by atoms with Crippen LogP contribution >= 0.6 is 19.2 Å². The Morgan fingerprint density at radius 1 is 1.03 bits per heavy atom. The largest absolute Gasteiger partial charge is 0.477 e. The Labute approximate surface area is 232 Å². The number of aromatic nitrogens is 1. The molecular weight excluding hydrogens is 539 g/mol. The minimum absolute atomic E-state index is 0.0750. The van der Waals surface area contributed by atoms with Gasteiger partial charge in [-0.3, -0.25) is 4.57 Å². The number of nitrogens with one attached hydrogen (secondary N) is 1. The van der Waals surface area contributed by atoms with Gasteiger partial charge in [0.15, 0.2) is 0 Å². The number of benzene rings is 3. The second-order valence-electron chi connectivity index (χ2n) is 9.43. The lowest BCUT2D eigenvalue weighted by atomic mass is 10.0. The van der Waals surface area contributed by atoms with E-state index < -0.39 is 19.7 Å². The molecule has 1 unspecified atom stereocenters. The number of carbonyl (C=O) groups is 1. The van der Waals surface area contributed by atoms with Crippen molar-refractivity contribution in [3.63, 3.8) is 0 Å². The number of hydrogen-bond acceptors (Lipinski definition) is 6. The number of halogens is 1. The van der Waals surface area contributed by atoms with Crippen LogP contribution in [0, 0.1) is 0 Å². The van der Waals surface area contributed by atoms with E-state index in [1.54, 1.807) is 47.0 Å². The summed E-state index contributed by atoms with van der Waals surface area (Å²) in [7, 11) is -0.695. The van der Waals surface area contributed by atoms with Crippen molar-refractivity contribution in [1.82, 2.24) is 9.88 Å². The molecule has 0 spiro atoms. The smallest absolute Gasteiger partial charge is 0.360 e. The molecular formula is C29H32ClN2O6P. The van der Waals surface area contributed by atoms with Crippen molar-refractivity contribution in [3.05, 3.63) is 100 Å². The summed E-state index contributed by atoms with van der Waals surface area (Å²) in [5, 5.41) is 25.6. The number of nitrogens with zero attached hydrogens (tertiary/aromatic N) is 1. The number of fused-ring (bicyclic) bond motifs is 1. The predicted octanol–water partition coefficient (Wildman–Crippen LogP) is 5.41. The van der Waals surface area contributed by atoms with Gasteiger partial charge in [-0.15, -0.1) is 0 Å². The van der Waals surface area contributed by atoms with Gasteiger partial charge in [0.1, 0.15) is 5.69 Å². The molecule has 3 aromatic carbocycles. The summed E-state index contributed by atoms with van der Waals surface area (Å²) in [4.78, 5) is 12.1. The molecule has 1 heterocycles. The van der Waals surface area contributed by atoms with Gasteiger partial charge in [-0.1, -0.05) is 41.9 Å². The molecule has 1 aromatic heterocycles. The van der Waals surface area contributed by atoms with Crippen molar-refractivity contribution in [1.29, 1.82) is 0 Å². The minimum Gasteiger partial charge on any atom is -0.477 e. The summed E-state index contributed by atoms with van der Waals surface area (Å²) in [6.07, 6.45) is 0.0255. The quantitative estimate of drug-likeness (QED) is 0.195. The highest BCUT2D eigenvalue weighted by Gasteiger charge is 2.24. The van der Waals surface area contributed by atoms with E-state index in [0.29, 0.717) is 29.8 Å². The van der Waals surface area contributed by atoms with E-state index >= 15 is 0 Å². The maximum Gasteiger partial charge on any atom is 0.360 e. The summed E-state index contributed by atoms with van der Waals surface area (Å²) in [5.41, 5.74) is 3.64. The molecule has 0 fully saturated rings. The molecule has 2 atom stereocenters. The average molecular weight is 571 g/mol. The van der Waals surface area contributed by atoms with Crippen LogP contribution in [0.1, 0.15) is 40.2 Å². The van der Waals surface area contributed by atoms with E-state index in [-0.39, 0.29) is 11.7 Å². The first-order valence-electron chi connectivity index (χ1n) is 12.5. The molecule has 4 aromatic rings. The van der Waals surface area contributed by atoms with E-state index in [0.717, 1.165) is 27.6 Å². The van der Waals surface area contributed by atoms with E-state index in [1.807, 2.05) is 37.3 Å². The summed E-state index contributed by atoms with van der Waals surface area (Å²) in [5.74, 6) is -1.02. The zero-order chi connectivity index (χ0) is 28.2. The summed E-state index contributed by atoms with van der Waals surface area (Å²) < 4.78 is 24.5. The van der Waals surface area contributed by atoms with Crippen LogP contribution in [0.4, 0.5) is 0 Å². The van der Waals surface area contributed by atoms with Crippen molar-refractivity contribution in [2.24, 2.45) is 0 Å². The second kappa shape index (κ2) is 12.5. The van der Waals surface area contributed by atoms with Crippen molar-refractivity contribution in [2.45, 2.75) is 32.0 Å². The minimum atomic E-state index is -3.36. The maximum absolute atomic E-state index is 12.6. The Morgan fingerprint density at radius 3 is 2.36 bits per heavy atom. The molecule has 0 radical (unpaired) electrons. The summed E-state index contributed by atoms with van der Waals surface area (Å²) >= 11 is 6.03. The number of rotatable bonds is 12. The molecule has 4 rings (SSSR count). The van der Waals surface area contributed by atoms with Crippen LogP contribution in [-0.4, -0.2) is 47.6 Å². The average Bonchev–Trinajstić information content (AvgIpc) is 3.29. The first-order valence-corrected chi connectivity index (χ1v) is 14.4. The number of carboxylic acids is 1. The zero-order valence-electron chi connectivity index (χ0n) is 22.0. The monoisotopic (exact) mass is 570 g/mol. The van der Waals surface area contributed by atoms with Gasteiger partial charge in [-0.25, -0.2) is 4.79 Å². The first-order chi connectivity index (χ1) is 18.6. The molecule has 39 heavy (non-hydrogen) atoms. The van der Waals surface area contributed by atoms with E-state index in [4.69, 9.17) is 20.6 Å². The van der Waals surface area contributed by atoms with Crippen LogP contribution in [0.2, 0.25) is 5.02 Å². The summed E-state index contributed by atoms with van der Waals surface area (Å²) in [6, 6.07) is 21.8. The van der Waals surface area contributed by atoms with Crippen LogP contribution in [0.3, 0.4) is 0 Å². The highest BCUT2D eigenvalue weighted by molar-refractivity contribution is 7.62. The second-order valence-corrected chi connectivity index (χ2v) is 12.1. The topological polar surface area (TPSA) is 110 Å². The Hall–Kier alpha value is -2.97. The molecule has 8 nitrogen and oxygen atoms in total. The number of hydrogen-bond donors (Lipinski definition) is 3. The third kappa shape index (κ3) is 6.79. The van der Waals surface area contributed by atoms with Gasteiger partial charge in [-0.05, 0) is 72.5 Å². The number of aromatic carboxylic acids is 1. The molecule has 3 N–H and O–H groups in total. The number of aliphatic hydroxyl groups excluding tert-OH is 1. The Bertz CT molecular complexity index is 1500. The molecule has 0 bridgehead atoms. The van der Waals surface area contributed by atoms with Crippen molar-refractivity contribution < 1.29 is 28.6 Å². The molecule has 0 aliphatic heterocycles. The van der Waals surface area contributed by atoms with Gasteiger partial charge in [0.25, 0.3) is 0 Å². The molecule has 0 saturated carbocycles. The highest BCUT2D eigenvalue weighted by atomic mass is 35.5. The van der Waals surface area contributed by atoms with Gasteiger partial charge in [0, 0.05) is 49.3 Å². The van der Waals surface area contributed by atoms with Gasteiger partial charge in [-0.2, -0.15) is 0 Å². The van der Waals surface area contributed by atoms with Gasteiger partial charge in [0.2, 0.25) is 0 Å². The third-order valence-corrected chi connectivity index (χ3v) is 8.82. The molecule has 0 amide bonds. The van der Waals surface area contributed by atoms with Gasteiger partial charge < -0.3 is 29.1 Å². The third-order valence-electron chi connectivity index (χ3n) is 6.69. The fourth-order valence-electron chi connectivity index (χ4n) is 4.62. The highest BCUT2D eigenvalue weighted by Crippen LogP contribution is 2.44. The molecule has 0 aliphatic carbocycles. The van der Waals surface area contributed by atoms with Gasteiger partial charge in [0.05, 0.1) is 11.4 Å². The Balaban J connectivity index is 1.48. The molecule has 0 aliphatic rings. The van der Waals surface area contributed by atoms with E-state index in [1.165, 1.54) is 14.2 Å². The van der Waals surface area contributed by atoms with E-state index in [9.17, 15) is 19.6 Å². The first kappa shape index (κ1) is 29.0. The Kier molecular flexibility index (Phi) is 9.28. The number of carboxylic acid groups (broad SMARTS) is 1.